The molecule has 0 saturated heterocycles. The van der Waals surface area contributed by atoms with Gasteiger partial charge in [-0.15, -0.1) is 5.10 Å². The molecule has 2 aromatic heterocycles. The second kappa shape index (κ2) is 5.21. The van der Waals surface area contributed by atoms with Crippen LogP contribution in [0.15, 0.2) is 42.5 Å². The molecule has 0 aliphatic heterocycles. The fourth-order valence-corrected chi connectivity index (χ4v) is 2.17. The number of nitrogens with zero attached hydrogens (tertiary/aromatic N) is 3. The Morgan fingerprint density at radius 2 is 1.85 bits per heavy atom. The first-order valence-corrected chi connectivity index (χ1v) is 6.32. The van der Waals surface area contributed by atoms with Crippen LogP contribution in [0.25, 0.3) is 5.65 Å². The number of hydrogen-bond donors (Lipinski definition) is 0. The van der Waals surface area contributed by atoms with E-state index in [1.54, 1.807) is 18.7 Å². The fourth-order valence-electron chi connectivity index (χ4n) is 2.17. The number of hydrogen-bond acceptors (Lipinski definition) is 4. The van der Waals surface area contributed by atoms with Crippen LogP contribution in [-0.2, 0) is 6.42 Å². The molecule has 2 heterocycles. The Labute approximate surface area is 116 Å². The number of para-hydroxylation sites is 1. The molecule has 3 aromatic rings. The van der Waals surface area contributed by atoms with E-state index >= 15 is 0 Å². The van der Waals surface area contributed by atoms with E-state index in [1.165, 1.54) is 0 Å². The SMILES string of the molecule is COc1ccccc1Cc1nc2cccc(OC)n2n1. The van der Waals surface area contributed by atoms with Crippen LogP contribution in [0, 0.1) is 0 Å². The van der Waals surface area contributed by atoms with Gasteiger partial charge in [0.25, 0.3) is 0 Å². The molecular formula is C15H15N3O2. The van der Waals surface area contributed by atoms with Gasteiger partial charge in [0.05, 0.1) is 14.2 Å². The first-order valence-electron chi connectivity index (χ1n) is 6.32. The van der Waals surface area contributed by atoms with Gasteiger partial charge in [-0.1, -0.05) is 24.3 Å². The highest BCUT2D eigenvalue weighted by atomic mass is 16.5. The van der Waals surface area contributed by atoms with Crippen molar-refractivity contribution in [3.05, 3.63) is 53.9 Å². The zero-order valence-corrected chi connectivity index (χ0v) is 11.4. The fraction of sp³-hybridized carbons (Fsp3) is 0.200. The predicted molar refractivity (Wildman–Crippen MR) is 75.3 cm³/mol. The topological polar surface area (TPSA) is 48.7 Å². The summed E-state index contributed by atoms with van der Waals surface area (Å²) in [6.45, 7) is 0. The van der Waals surface area contributed by atoms with Crippen molar-refractivity contribution in [2.24, 2.45) is 0 Å². The molecule has 0 radical (unpaired) electrons. The molecule has 0 unspecified atom stereocenters. The normalized spacial score (nSPS) is 10.7. The molecule has 20 heavy (non-hydrogen) atoms. The van der Waals surface area contributed by atoms with E-state index in [-0.39, 0.29) is 0 Å². The van der Waals surface area contributed by atoms with Crippen LogP contribution in [0.2, 0.25) is 0 Å². The van der Waals surface area contributed by atoms with Crippen molar-refractivity contribution in [2.75, 3.05) is 14.2 Å². The van der Waals surface area contributed by atoms with Gasteiger partial charge in [0, 0.05) is 18.1 Å². The van der Waals surface area contributed by atoms with Crippen LogP contribution in [0.3, 0.4) is 0 Å². The quantitative estimate of drug-likeness (QED) is 0.729. The van der Waals surface area contributed by atoms with E-state index in [4.69, 9.17) is 9.47 Å². The third-order valence-corrected chi connectivity index (χ3v) is 3.12. The number of fused-ring (bicyclic) bond motifs is 1. The highest BCUT2D eigenvalue weighted by Gasteiger charge is 2.10. The minimum Gasteiger partial charge on any atom is -0.496 e. The maximum atomic E-state index is 5.35. The van der Waals surface area contributed by atoms with Gasteiger partial charge in [-0.05, 0) is 12.1 Å². The van der Waals surface area contributed by atoms with Crippen LogP contribution in [-0.4, -0.2) is 28.8 Å². The standard InChI is InChI=1S/C15H15N3O2/c1-19-12-7-4-3-6-11(12)10-13-16-14-8-5-9-15(20-2)18(14)17-13/h3-9H,10H2,1-2H3. The number of pyridine rings is 1. The Kier molecular flexibility index (Phi) is 3.25. The third kappa shape index (κ3) is 2.18. The predicted octanol–water partition coefficient (Wildman–Crippen LogP) is 2.34. The van der Waals surface area contributed by atoms with Gasteiger partial charge in [-0.2, -0.15) is 4.52 Å². The Balaban J connectivity index is 1.99. The minimum atomic E-state index is 0.620. The summed E-state index contributed by atoms with van der Waals surface area (Å²) >= 11 is 0. The van der Waals surface area contributed by atoms with Crippen LogP contribution < -0.4 is 9.47 Å². The van der Waals surface area contributed by atoms with Crippen molar-refractivity contribution in [3.8, 4) is 11.6 Å². The number of methoxy groups -OCH3 is 2. The van der Waals surface area contributed by atoms with Crippen molar-refractivity contribution >= 4 is 5.65 Å². The summed E-state index contributed by atoms with van der Waals surface area (Å²) in [5.41, 5.74) is 1.83. The Bertz CT molecular complexity index is 737. The molecule has 0 fully saturated rings. The Morgan fingerprint density at radius 1 is 1.00 bits per heavy atom. The molecule has 0 aliphatic carbocycles. The third-order valence-electron chi connectivity index (χ3n) is 3.12. The molecule has 0 atom stereocenters. The lowest BCUT2D eigenvalue weighted by atomic mass is 10.1. The first kappa shape index (κ1) is 12.5. The van der Waals surface area contributed by atoms with Crippen molar-refractivity contribution < 1.29 is 9.47 Å². The molecule has 0 amide bonds. The molecular weight excluding hydrogens is 254 g/mol. The highest BCUT2D eigenvalue weighted by molar-refractivity contribution is 5.42. The van der Waals surface area contributed by atoms with Gasteiger partial charge in [0.15, 0.2) is 11.5 Å². The second-order valence-corrected chi connectivity index (χ2v) is 4.35. The number of ether oxygens (including phenoxy) is 2. The lowest BCUT2D eigenvalue weighted by molar-refractivity contribution is 0.385. The largest absolute Gasteiger partial charge is 0.496 e. The van der Waals surface area contributed by atoms with E-state index < -0.39 is 0 Å². The summed E-state index contributed by atoms with van der Waals surface area (Å²) in [7, 11) is 3.29. The smallest absolute Gasteiger partial charge is 0.216 e. The van der Waals surface area contributed by atoms with E-state index in [1.807, 2.05) is 42.5 Å². The van der Waals surface area contributed by atoms with Crippen molar-refractivity contribution in [3.63, 3.8) is 0 Å². The molecule has 0 saturated carbocycles. The van der Waals surface area contributed by atoms with E-state index in [0.29, 0.717) is 12.3 Å². The van der Waals surface area contributed by atoms with Gasteiger partial charge < -0.3 is 9.47 Å². The number of benzene rings is 1. The van der Waals surface area contributed by atoms with Gasteiger partial charge in [0.1, 0.15) is 5.75 Å². The zero-order valence-electron chi connectivity index (χ0n) is 11.4. The van der Waals surface area contributed by atoms with Crippen molar-refractivity contribution in [2.45, 2.75) is 6.42 Å². The first-order chi connectivity index (χ1) is 9.81. The summed E-state index contributed by atoms with van der Waals surface area (Å²) in [6, 6.07) is 13.5. The molecule has 3 rings (SSSR count). The number of aromatic nitrogens is 3. The molecule has 0 N–H and O–H groups in total. The number of rotatable bonds is 4. The van der Waals surface area contributed by atoms with Crippen molar-refractivity contribution in [1.82, 2.24) is 14.6 Å². The molecule has 0 bridgehead atoms. The van der Waals surface area contributed by atoms with Crippen LogP contribution in [0.4, 0.5) is 0 Å². The summed E-state index contributed by atoms with van der Waals surface area (Å²) in [6.07, 6.45) is 0.620. The Hall–Kier alpha value is -2.56. The highest BCUT2D eigenvalue weighted by Crippen LogP contribution is 2.20. The second-order valence-electron chi connectivity index (χ2n) is 4.35. The maximum Gasteiger partial charge on any atom is 0.216 e. The Morgan fingerprint density at radius 3 is 2.65 bits per heavy atom. The summed E-state index contributed by atoms with van der Waals surface area (Å²) in [5, 5.41) is 4.48. The molecule has 5 nitrogen and oxygen atoms in total. The average Bonchev–Trinajstić information content (AvgIpc) is 2.90. The van der Waals surface area contributed by atoms with E-state index in [2.05, 4.69) is 10.1 Å². The lowest BCUT2D eigenvalue weighted by Crippen LogP contribution is -1.97. The van der Waals surface area contributed by atoms with Crippen molar-refractivity contribution in [1.29, 1.82) is 0 Å². The van der Waals surface area contributed by atoms with Crippen LogP contribution in [0.5, 0.6) is 11.6 Å². The molecule has 5 heteroatoms. The lowest BCUT2D eigenvalue weighted by Gasteiger charge is -2.05. The summed E-state index contributed by atoms with van der Waals surface area (Å²) < 4.78 is 12.3. The zero-order chi connectivity index (χ0) is 13.9. The van der Waals surface area contributed by atoms with Crippen LogP contribution in [0.1, 0.15) is 11.4 Å². The summed E-state index contributed by atoms with van der Waals surface area (Å²) in [4.78, 5) is 4.51. The molecule has 102 valence electrons. The minimum absolute atomic E-state index is 0.620. The summed E-state index contributed by atoms with van der Waals surface area (Å²) in [5.74, 6) is 2.25. The molecule has 1 aromatic carbocycles. The average molecular weight is 269 g/mol. The molecule has 0 aliphatic rings. The van der Waals surface area contributed by atoms with Gasteiger partial charge >= 0.3 is 0 Å². The van der Waals surface area contributed by atoms with Gasteiger partial charge in [-0.25, -0.2) is 4.98 Å². The monoisotopic (exact) mass is 269 g/mol. The van der Waals surface area contributed by atoms with Gasteiger partial charge in [-0.3, -0.25) is 0 Å². The van der Waals surface area contributed by atoms with E-state index in [0.717, 1.165) is 22.8 Å². The maximum absolute atomic E-state index is 5.35. The van der Waals surface area contributed by atoms with Crippen LogP contribution >= 0.6 is 0 Å². The van der Waals surface area contributed by atoms with E-state index in [9.17, 15) is 0 Å². The van der Waals surface area contributed by atoms with Gasteiger partial charge in [0.2, 0.25) is 5.88 Å². The molecule has 0 spiro atoms.